The van der Waals surface area contributed by atoms with E-state index in [1.54, 1.807) is 51.1 Å². The summed E-state index contributed by atoms with van der Waals surface area (Å²) in [7, 11) is 1.40. The lowest BCUT2D eigenvalue weighted by Crippen LogP contribution is -2.47. The molecule has 0 fully saturated rings. The smallest absolute Gasteiger partial charge is 0.264 e. The quantitative estimate of drug-likeness (QED) is 0.818. The summed E-state index contributed by atoms with van der Waals surface area (Å²) in [6, 6.07) is 11.0. The molecule has 134 valence electrons. The van der Waals surface area contributed by atoms with Crippen molar-refractivity contribution in [2.24, 2.45) is 0 Å². The van der Waals surface area contributed by atoms with E-state index in [-0.39, 0.29) is 17.7 Å². The van der Waals surface area contributed by atoms with Gasteiger partial charge in [-0.05, 0) is 62.7 Å². The standard InChI is InChI=1S/C19H21ClFNO3/c1-12(13-5-10-17(24-4)16(21)11-13)22-18(23)19(2,3)25-15-8-6-14(20)7-9-15/h5-12H,1-4H3,(H,22,23). The third-order valence-electron chi connectivity index (χ3n) is 3.76. The highest BCUT2D eigenvalue weighted by atomic mass is 35.5. The molecule has 0 aliphatic carbocycles. The van der Waals surface area contributed by atoms with Crippen LogP contribution in [0.2, 0.25) is 5.02 Å². The lowest BCUT2D eigenvalue weighted by Gasteiger charge is -2.27. The van der Waals surface area contributed by atoms with Crippen molar-refractivity contribution in [1.82, 2.24) is 5.32 Å². The maximum Gasteiger partial charge on any atom is 0.264 e. The molecule has 2 aromatic carbocycles. The van der Waals surface area contributed by atoms with Gasteiger partial charge in [-0.25, -0.2) is 4.39 Å². The average molecular weight is 366 g/mol. The Morgan fingerprint density at radius 2 is 1.84 bits per heavy atom. The van der Waals surface area contributed by atoms with Gasteiger partial charge in [0.05, 0.1) is 13.2 Å². The van der Waals surface area contributed by atoms with Gasteiger partial charge in [0.25, 0.3) is 5.91 Å². The summed E-state index contributed by atoms with van der Waals surface area (Å²) in [6.45, 7) is 5.11. The number of halogens is 2. The van der Waals surface area contributed by atoms with Gasteiger partial charge in [0, 0.05) is 5.02 Å². The summed E-state index contributed by atoms with van der Waals surface area (Å²) in [6.07, 6.45) is 0. The molecule has 0 spiro atoms. The molecule has 1 unspecified atom stereocenters. The number of methoxy groups -OCH3 is 1. The number of nitrogens with one attached hydrogen (secondary N) is 1. The summed E-state index contributed by atoms with van der Waals surface area (Å²) < 4.78 is 24.5. The first-order chi connectivity index (χ1) is 11.7. The maximum absolute atomic E-state index is 13.8. The van der Waals surface area contributed by atoms with Crippen molar-refractivity contribution < 1.29 is 18.7 Å². The summed E-state index contributed by atoms with van der Waals surface area (Å²) in [5, 5.41) is 3.42. The molecule has 1 N–H and O–H groups in total. The van der Waals surface area contributed by atoms with E-state index < -0.39 is 11.4 Å². The van der Waals surface area contributed by atoms with Gasteiger partial charge in [0.15, 0.2) is 17.2 Å². The van der Waals surface area contributed by atoms with Crippen LogP contribution >= 0.6 is 11.6 Å². The van der Waals surface area contributed by atoms with Gasteiger partial charge in [0.1, 0.15) is 5.75 Å². The van der Waals surface area contributed by atoms with Gasteiger partial charge in [-0.3, -0.25) is 4.79 Å². The number of amides is 1. The number of rotatable bonds is 6. The van der Waals surface area contributed by atoms with Crippen LogP contribution in [-0.2, 0) is 4.79 Å². The molecule has 6 heteroatoms. The number of carbonyl (C=O) groups excluding carboxylic acids is 1. The summed E-state index contributed by atoms with van der Waals surface area (Å²) >= 11 is 5.84. The SMILES string of the molecule is COc1ccc(C(C)NC(=O)C(C)(C)Oc2ccc(Cl)cc2)cc1F. The lowest BCUT2D eigenvalue weighted by atomic mass is 10.0. The lowest BCUT2D eigenvalue weighted by molar-refractivity contribution is -0.134. The van der Waals surface area contributed by atoms with Crippen LogP contribution in [0.4, 0.5) is 4.39 Å². The van der Waals surface area contributed by atoms with E-state index >= 15 is 0 Å². The molecule has 0 aromatic heterocycles. The number of benzene rings is 2. The third-order valence-corrected chi connectivity index (χ3v) is 4.01. The molecule has 4 nitrogen and oxygen atoms in total. The molecular weight excluding hydrogens is 345 g/mol. The zero-order valence-electron chi connectivity index (χ0n) is 14.6. The molecule has 0 saturated heterocycles. The van der Waals surface area contributed by atoms with Crippen LogP contribution < -0.4 is 14.8 Å². The Balaban J connectivity index is 2.06. The van der Waals surface area contributed by atoms with Gasteiger partial charge in [-0.2, -0.15) is 0 Å². The van der Waals surface area contributed by atoms with Gasteiger partial charge >= 0.3 is 0 Å². The van der Waals surface area contributed by atoms with E-state index in [2.05, 4.69) is 5.32 Å². The van der Waals surface area contributed by atoms with Crippen molar-refractivity contribution in [3.8, 4) is 11.5 Å². The second kappa shape index (κ2) is 7.74. The van der Waals surface area contributed by atoms with Gasteiger partial charge in [0.2, 0.25) is 0 Å². The van der Waals surface area contributed by atoms with E-state index in [4.69, 9.17) is 21.1 Å². The fourth-order valence-corrected chi connectivity index (χ4v) is 2.38. The van der Waals surface area contributed by atoms with Gasteiger partial charge < -0.3 is 14.8 Å². The number of hydrogen-bond acceptors (Lipinski definition) is 3. The number of carbonyl (C=O) groups is 1. The predicted octanol–water partition coefficient (Wildman–Crippen LogP) is 4.52. The summed E-state index contributed by atoms with van der Waals surface area (Å²) in [5.41, 5.74) is -0.471. The van der Waals surface area contributed by atoms with Gasteiger partial charge in [-0.15, -0.1) is 0 Å². The minimum absolute atomic E-state index is 0.161. The van der Waals surface area contributed by atoms with Crippen molar-refractivity contribution in [3.63, 3.8) is 0 Å². The van der Waals surface area contributed by atoms with Crippen molar-refractivity contribution in [3.05, 3.63) is 58.9 Å². The molecule has 1 atom stereocenters. The van der Waals surface area contributed by atoms with E-state index in [1.165, 1.54) is 19.2 Å². The van der Waals surface area contributed by atoms with Crippen molar-refractivity contribution >= 4 is 17.5 Å². The molecule has 25 heavy (non-hydrogen) atoms. The van der Waals surface area contributed by atoms with Gasteiger partial charge in [-0.1, -0.05) is 17.7 Å². The van der Waals surface area contributed by atoms with Crippen LogP contribution in [0.3, 0.4) is 0 Å². The monoisotopic (exact) mass is 365 g/mol. The third kappa shape index (κ3) is 4.86. The van der Waals surface area contributed by atoms with E-state index in [9.17, 15) is 9.18 Å². The Morgan fingerprint density at radius 1 is 1.20 bits per heavy atom. The van der Waals surface area contributed by atoms with E-state index in [0.29, 0.717) is 16.3 Å². The number of ether oxygens (including phenoxy) is 2. The molecule has 1 amide bonds. The topological polar surface area (TPSA) is 47.6 Å². The van der Waals surface area contributed by atoms with E-state index in [0.717, 1.165) is 0 Å². The molecule has 0 aliphatic heterocycles. The Kier molecular flexibility index (Phi) is 5.90. The first-order valence-electron chi connectivity index (χ1n) is 7.82. The highest BCUT2D eigenvalue weighted by molar-refractivity contribution is 6.30. The van der Waals surface area contributed by atoms with Crippen LogP contribution in [-0.4, -0.2) is 18.6 Å². The minimum Gasteiger partial charge on any atom is -0.494 e. The second-order valence-corrected chi connectivity index (χ2v) is 6.59. The largest absolute Gasteiger partial charge is 0.494 e. The molecule has 0 aliphatic rings. The molecule has 0 heterocycles. The maximum atomic E-state index is 13.8. The molecule has 0 radical (unpaired) electrons. The first kappa shape index (κ1) is 19.1. The Hall–Kier alpha value is -2.27. The van der Waals surface area contributed by atoms with Crippen LogP contribution in [0.5, 0.6) is 11.5 Å². The minimum atomic E-state index is -1.10. The summed E-state index contributed by atoms with van der Waals surface area (Å²) in [4.78, 5) is 12.5. The zero-order chi connectivity index (χ0) is 18.6. The molecule has 0 saturated carbocycles. The fourth-order valence-electron chi connectivity index (χ4n) is 2.25. The molecular formula is C19H21ClFNO3. The van der Waals surface area contributed by atoms with Crippen LogP contribution in [0, 0.1) is 5.82 Å². The Morgan fingerprint density at radius 3 is 2.40 bits per heavy atom. The second-order valence-electron chi connectivity index (χ2n) is 6.16. The normalized spacial score (nSPS) is 12.4. The zero-order valence-corrected chi connectivity index (χ0v) is 15.4. The summed E-state index contributed by atoms with van der Waals surface area (Å²) in [5.74, 6) is -0.0923. The predicted molar refractivity (Wildman–Crippen MR) is 95.7 cm³/mol. The number of hydrogen-bond donors (Lipinski definition) is 1. The molecule has 2 aromatic rings. The highest BCUT2D eigenvalue weighted by Crippen LogP contribution is 2.24. The fraction of sp³-hybridized carbons (Fsp3) is 0.316. The van der Waals surface area contributed by atoms with E-state index in [1.807, 2.05) is 0 Å². The van der Waals surface area contributed by atoms with Crippen LogP contribution in [0.25, 0.3) is 0 Å². The average Bonchev–Trinajstić information content (AvgIpc) is 2.56. The van der Waals surface area contributed by atoms with Crippen molar-refractivity contribution in [2.75, 3.05) is 7.11 Å². The van der Waals surface area contributed by atoms with Crippen LogP contribution in [0.1, 0.15) is 32.4 Å². The Bertz CT molecular complexity index is 747. The first-order valence-corrected chi connectivity index (χ1v) is 8.19. The van der Waals surface area contributed by atoms with Crippen LogP contribution in [0.15, 0.2) is 42.5 Å². The molecule has 2 rings (SSSR count). The van der Waals surface area contributed by atoms with Crippen molar-refractivity contribution in [2.45, 2.75) is 32.4 Å². The highest BCUT2D eigenvalue weighted by Gasteiger charge is 2.31. The molecule has 0 bridgehead atoms. The van der Waals surface area contributed by atoms with Crippen molar-refractivity contribution in [1.29, 1.82) is 0 Å². The Labute approximate surface area is 151 Å².